The number of fused-ring (bicyclic) bond motifs is 1. The summed E-state index contributed by atoms with van der Waals surface area (Å²) in [7, 11) is 1.75. The lowest BCUT2D eigenvalue weighted by atomic mass is 10.1. The van der Waals surface area contributed by atoms with Gasteiger partial charge in [-0.3, -0.25) is 14.8 Å². The number of ether oxygens (including phenoxy) is 1. The second-order valence-electron chi connectivity index (χ2n) is 6.90. The lowest BCUT2D eigenvalue weighted by molar-refractivity contribution is 0.0690. The molecule has 2 aromatic heterocycles. The normalized spacial score (nSPS) is 10.8. The first-order valence-corrected chi connectivity index (χ1v) is 9.11. The van der Waals surface area contributed by atoms with Gasteiger partial charge in [0, 0.05) is 30.4 Å². The molecule has 3 N–H and O–H groups in total. The predicted octanol–water partition coefficient (Wildman–Crippen LogP) is 2.72. The summed E-state index contributed by atoms with van der Waals surface area (Å²) in [6, 6.07) is 4.96. The van der Waals surface area contributed by atoms with Crippen molar-refractivity contribution in [2.24, 2.45) is 7.05 Å². The molecule has 10 heteroatoms. The monoisotopic (exact) mass is 411 g/mol. The summed E-state index contributed by atoms with van der Waals surface area (Å²) in [6.45, 7) is 5.31. The van der Waals surface area contributed by atoms with Crippen LogP contribution in [-0.2, 0) is 7.05 Å². The number of hydrogen-bond donors (Lipinski definition) is 3. The van der Waals surface area contributed by atoms with Crippen LogP contribution in [0.1, 0.15) is 40.3 Å². The third kappa shape index (κ3) is 4.37. The zero-order chi connectivity index (χ0) is 22.0. The van der Waals surface area contributed by atoms with Crippen molar-refractivity contribution >= 4 is 34.6 Å². The molecule has 156 valence electrons. The number of imide groups is 1. The molecule has 0 bridgehead atoms. The molecule has 0 aliphatic rings. The summed E-state index contributed by atoms with van der Waals surface area (Å²) >= 11 is 0. The zero-order valence-electron chi connectivity index (χ0n) is 16.9. The van der Waals surface area contributed by atoms with Crippen molar-refractivity contribution in [2.75, 3.05) is 5.32 Å². The summed E-state index contributed by atoms with van der Waals surface area (Å²) in [5.41, 5.74) is 1.80. The third-order valence-corrected chi connectivity index (χ3v) is 4.18. The predicted molar refractivity (Wildman–Crippen MR) is 109 cm³/mol. The van der Waals surface area contributed by atoms with Crippen LogP contribution in [0.15, 0.2) is 30.5 Å². The molecule has 10 nitrogen and oxygen atoms in total. The Morgan fingerprint density at radius 1 is 1.20 bits per heavy atom. The highest BCUT2D eigenvalue weighted by molar-refractivity contribution is 6.09. The number of carboxylic acid groups (broad SMARTS) is 1. The maximum Gasteiger partial charge on any atom is 0.339 e. The first-order chi connectivity index (χ1) is 14.2. The van der Waals surface area contributed by atoms with Crippen molar-refractivity contribution in [1.82, 2.24) is 20.1 Å². The summed E-state index contributed by atoms with van der Waals surface area (Å²) in [4.78, 5) is 40.2. The van der Waals surface area contributed by atoms with Gasteiger partial charge in [0.15, 0.2) is 5.65 Å². The highest BCUT2D eigenvalue weighted by Gasteiger charge is 2.17. The zero-order valence-corrected chi connectivity index (χ0v) is 16.9. The number of carbonyl (C=O) groups is 3. The highest BCUT2D eigenvalue weighted by atomic mass is 16.5. The van der Waals surface area contributed by atoms with Crippen molar-refractivity contribution < 1.29 is 24.2 Å². The molecule has 2 heterocycles. The van der Waals surface area contributed by atoms with E-state index in [1.165, 1.54) is 24.4 Å². The summed E-state index contributed by atoms with van der Waals surface area (Å²) in [5.74, 6) is -1.67. The summed E-state index contributed by atoms with van der Waals surface area (Å²) in [5, 5.41) is 18.9. The average Bonchev–Trinajstić information content (AvgIpc) is 2.94. The number of rotatable bonds is 5. The van der Waals surface area contributed by atoms with Gasteiger partial charge in [-0.25, -0.2) is 14.6 Å². The number of hydrogen-bond acceptors (Lipinski definition) is 6. The first kappa shape index (κ1) is 20.8. The number of nitrogens with zero attached hydrogens (tertiary/aromatic N) is 3. The molecular formula is C20H21N5O5. The van der Waals surface area contributed by atoms with E-state index in [4.69, 9.17) is 4.74 Å². The number of aromatic carboxylic acids is 1. The van der Waals surface area contributed by atoms with Crippen LogP contribution in [0.25, 0.3) is 11.0 Å². The molecular weight excluding hydrogens is 390 g/mol. The largest absolute Gasteiger partial charge is 0.490 e. The molecule has 0 saturated heterocycles. The van der Waals surface area contributed by atoms with Gasteiger partial charge in [-0.2, -0.15) is 5.10 Å². The van der Waals surface area contributed by atoms with Crippen molar-refractivity contribution in [2.45, 2.75) is 26.9 Å². The standard InChI is InChI=1S/C20H21N5O5/c1-10(2)30-16-8-13(5-6-14(16)19(27)28)22-20(29)23-18(26)12-7-15-11(3)24-25(4)17(15)21-9-12/h5-10H,1-4H3,(H,27,28)(H2,22,23,26,29). The Labute approximate surface area is 171 Å². The highest BCUT2D eigenvalue weighted by Crippen LogP contribution is 2.25. The van der Waals surface area contributed by atoms with Gasteiger partial charge >= 0.3 is 12.0 Å². The van der Waals surface area contributed by atoms with E-state index in [0.29, 0.717) is 11.0 Å². The van der Waals surface area contributed by atoms with Gasteiger partial charge in [0.1, 0.15) is 11.3 Å². The Morgan fingerprint density at radius 2 is 1.93 bits per heavy atom. The van der Waals surface area contributed by atoms with E-state index in [1.54, 1.807) is 38.6 Å². The Hall–Kier alpha value is -3.95. The smallest absolute Gasteiger partial charge is 0.339 e. The molecule has 0 aliphatic heterocycles. The minimum Gasteiger partial charge on any atom is -0.490 e. The van der Waals surface area contributed by atoms with Crippen LogP contribution < -0.4 is 15.4 Å². The lowest BCUT2D eigenvalue weighted by Gasteiger charge is -2.14. The molecule has 0 fully saturated rings. The molecule has 3 aromatic rings. The molecule has 0 saturated carbocycles. The SMILES string of the molecule is Cc1nn(C)c2ncc(C(=O)NC(=O)Nc3ccc(C(=O)O)c(OC(C)C)c3)cc12. The van der Waals surface area contributed by atoms with Crippen LogP contribution in [0.2, 0.25) is 0 Å². The van der Waals surface area contributed by atoms with Crippen molar-refractivity contribution in [3.8, 4) is 5.75 Å². The quantitative estimate of drug-likeness (QED) is 0.587. The third-order valence-electron chi connectivity index (χ3n) is 4.18. The maximum absolute atomic E-state index is 12.4. The average molecular weight is 411 g/mol. The molecule has 3 rings (SSSR count). The van der Waals surface area contributed by atoms with Crippen LogP contribution in [-0.4, -0.2) is 43.9 Å². The van der Waals surface area contributed by atoms with Crippen molar-refractivity contribution in [3.05, 3.63) is 47.3 Å². The van der Waals surface area contributed by atoms with E-state index in [0.717, 1.165) is 5.69 Å². The van der Waals surface area contributed by atoms with E-state index >= 15 is 0 Å². The second-order valence-corrected chi connectivity index (χ2v) is 6.90. The van der Waals surface area contributed by atoms with Gasteiger partial charge in [0.25, 0.3) is 5.91 Å². The minimum atomic E-state index is -1.15. The number of benzene rings is 1. The Morgan fingerprint density at radius 3 is 2.60 bits per heavy atom. The summed E-state index contributed by atoms with van der Waals surface area (Å²) in [6.07, 6.45) is 1.11. The van der Waals surface area contributed by atoms with Crippen LogP contribution >= 0.6 is 0 Å². The molecule has 3 amide bonds. The van der Waals surface area contributed by atoms with Gasteiger partial charge in [0.05, 0.1) is 17.4 Å². The number of aromatic nitrogens is 3. The molecule has 0 atom stereocenters. The van der Waals surface area contributed by atoms with Crippen LogP contribution in [0.5, 0.6) is 5.75 Å². The molecule has 0 aliphatic carbocycles. The maximum atomic E-state index is 12.4. The van der Waals surface area contributed by atoms with E-state index in [-0.39, 0.29) is 28.7 Å². The van der Waals surface area contributed by atoms with E-state index < -0.39 is 17.9 Å². The number of nitrogens with one attached hydrogen (secondary N) is 2. The molecule has 0 spiro atoms. The number of urea groups is 1. The molecule has 0 unspecified atom stereocenters. The first-order valence-electron chi connectivity index (χ1n) is 9.11. The van der Waals surface area contributed by atoms with E-state index in [2.05, 4.69) is 20.7 Å². The van der Waals surface area contributed by atoms with Crippen molar-refractivity contribution in [3.63, 3.8) is 0 Å². The van der Waals surface area contributed by atoms with Crippen LogP contribution in [0, 0.1) is 6.92 Å². The topological polar surface area (TPSA) is 135 Å². The lowest BCUT2D eigenvalue weighted by Crippen LogP contribution is -2.34. The van der Waals surface area contributed by atoms with Gasteiger partial charge in [-0.1, -0.05) is 0 Å². The Kier molecular flexibility index (Phi) is 5.67. The minimum absolute atomic E-state index is 0.0306. The number of anilines is 1. The Balaban J connectivity index is 1.74. The van der Waals surface area contributed by atoms with Crippen LogP contribution in [0.4, 0.5) is 10.5 Å². The number of pyridine rings is 1. The van der Waals surface area contributed by atoms with Gasteiger partial charge < -0.3 is 15.2 Å². The van der Waals surface area contributed by atoms with E-state index in [1.807, 2.05) is 0 Å². The van der Waals surface area contributed by atoms with Gasteiger partial charge in [0.2, 0.25) is 0 Å². The second kappa shape index (κ2) is 8.19. The van der Waals surface area contributed by atoms with Gasteiger partial charge in [-0.05, 0) is 39.0 Å². The Bertz CT molecular complexity index is 1150. The fourth-order valence-corrected chi connectivity index (χ4v) is 2.90. The number of carboxylic acids is 1. The number of amides is 3. The summed E-state index contributed by atoms with van der Waals surface area (Å²) < 4.78 is 7.11. The number of aryl methyl sites for hydroxylation is 2. The molecule has 0 radical (unpaired) electrons. The molecule has 1 aromatic carbocycles. The number of carbonyl (C=O) groups excluding carboxylic acids is 2. The fraction of sp³-hybridized carbons (Fsp3) is 0.250. The van der Waals surface area contributed by atoms with E-state index in [9.17, 15) is 19.5 Å². The van der Waals surface area contributed by atoms with Crippen LogP contribution in [0.3, 0.4) is 0 Å². The van der Waals surface area contributed by atoms with Gasteiger partial charge in [-0.15, -0.1) is 0 Å². The van der Waals surface area contributed by atoms with Crippen molar-refractivity contribution in [1.29, 1.82) is 0 Å². The fourth-order valence-electron chi connectivity index (χ4n) is 2.90. The molecule has 30 heavy (non-hydrogen) atoms.